The van der Waals surface area contributed by atoms with Crippen LogP contribution >= 0.6 is 0 Å². The number of hydrogen-bond acceptors (Lipinski definition) is 4. The summed E-state index contributed by atoms with van der Waals surface area (Å²) in [6, 6.07) is 6.60. The average molecular weight is 294 g/mol. The summed E-state index contributed by atoms with van der Waals surface area (Å²) in [5.74, 6) is 5.51. The number of benzene rings is 1. The molecule has 0 saturated carbocycles. The molecule has 1 aliphatic heterocycles. The minimum Gasteiger partial charge on any atom is -0.380 e. The van der Waals surface area contributed by atoms with Crippen molar-refractivity contribution in [3.63, 3.8) is 0 Å². The Morgan fingerprint density at radius 3 is 2.85 bits per heavy atom. The Morgan fingerprint density at radius 1 is 1.45 bits per heavy atom. The molecule has 0 aromatic heterocycles. The molecular weight excluding hydrogens is 276 g/mol. The van der Waals surface area contributed by atoms with Crippen LogP contribution in [-0.2, 0) is 14.8 Å². The molecule has 1 aliphatic rings. The second-order valence-electron chi connectivity index (χ2n) is 4.54. The molecule has 0 spiro atoms. The van der Waals surface area contributed by atoms with Gasteiger partial charge in [-0.05, 0) is 18.6 Å². The van der Waals surface area contributed by atoms with Crippen LogP contribution in [0.4, 0.5) is 0 Å². The second kappa shape index (κ2) is 6.37. The fourth-order valence-corrected chi connectivity index (χ4v) is 3.62. The van der Waals surface area contributed by atoms with Crippen LogP contribution in [0.25, 0.3) is 0 Å². The molecule has 6 heteroatoms. The molecule has 2 N–H and O–H groups in total. The first-order chi connectivity index (χ1) is 9.57. The first kappa shape index (κ1) is 15.0. The fraction of sp³-hybridized carbons (Fsp3) is 0.429. The van der Waals surface area contributed by atoms with Crippen LogP contribution in [0.3, 0.4) is 0 Å². The van der Waals surface area contributed by atoms with E-state index in [9.17, 15) is 8.42 Å². The molecule has 108 valence electrons. The van der Waals surface area contributed by atoms with Gasteiger partial charge in [0.15, 0.2) is 0 Å². The van der Waals surface area contributed by atoms with Crippen LogP contribution in [0.5, 0.6) is 0 Å². The van der Waals surface area contributed by atoms with Crippen molar-refractivity contribution < 1.29 is 13.2 Å². The molecule has 0 amide bonds. The van der Waals surface area contributed by atoms with E-state index >= 15 is 0 Å². The first-order valence-electron chi connectivity index (χ1n) is 6.41. The number of ether oxygens (including phenoxy) is 1. The standard InChI is InChI=1S/C14H18N2O3S/c1-16(13-8-10-19-11-13)20(17,18)14-7-3-2-5-12(14)6-4-9-15/h2-3,5,7,13H,8-11,15H2,1H3. The maximum absolute atomic E-state index is 12.7. The van der Waals surface area contributed by atoms with Crippen molar-refractivity contribution in [2.45, 2.75) is 17.4 Å². The van der Waals surface area contributed by atoms with E-state index in [1.807, 2.05) is 0 Å². The molecule has 1 unspecified atom stereocenters. The lowest BCUT2D eigenvalue weighted by Crippen LogP contribution is -2.37. The zero-order valence-corrected chi connectivity index (χ0v) is 12.2. The van der Waals surface area contributed by atoms with Crippen LogP contribution in [-0.4, -0.2) is 45.6 Å². The zero-order chi connectivity index (χ0) is 14.6. The van der Waals surface area contributed by atoms with Crippen molar-refractivity contribution in [1.82, 2.24) is 4.31 Å². The molecule has 1 aromatic carbocycles. The van der Waals surface area contributed by atoms with Gasteiger partial charge in [0.1, 0.15) is 0 Å². The summed E-state index contributed by atoms with van der Waals surface area (Å²) in [6.07, 6.45) is 0.715. The Kier molecular flexibility index (Phi) is 4.78. The van der Waals surface area contributed by atoms with Crippen molar-refractivity contribution in [3.05, 3.63) is 29.8 Å². The predicted octanol–water partition coefficient (Wildman–Crippen LogP) is 0.406. The van der Waals surface area contributed by atoms with Crippen LogP contribution < -0.4 is 5.73 Å². The molecule has 1 atom stereocenters. The van der Waals surface area contributed by atoms with E-state index in [2.05, 4.69) is 11.8 Å². The molecule has 1 heterocycles. The Bertz CT molecular complexity index is 625. The highest BCUT2D eigenvalue weighted by atomic mass is 32.2. The van der Waals surface area contributed by atoms with Gasteiger partial charge in [0.2, 0.25) is 10.0 Å². The van der Waals surface area contributed by atoms with Crippen molar-refractivity contribution in [2.24, 2.45) is 5.73 Å². The topological polar surface area (TPSA) is 72.6 Å². The molecule has 1 fully saturated rings. The summed E-state index contributed by atoms with van der Waals surface area (Å²) in [4.78, 5) is 0.218. The van der Waals surface area contributed by atoms with Gasteiger partial charge in [-0.2, -0.15) is 4.31 Å². The third kappa shape index (κ3) is 3.02. The highest BCUT2D eigenvalue weighted by Gasteiger charge is 2.31. The van der Waals surface area contributed by atoms with Gasteiger partial charge >= 0.3 is 0 Å². The van der Waals surface area contributed by atoms with E-state index in [4.69, 9.17) is 10.5 Å². The molecular formula is C14H18N2O3S. The van der Waals surface area contributed by atoms with E-state index in [1.165, 1.54) is 4.31 Å². The maximum Gasteiger partial charge on any atom is 0.244 e. The third-order valence-corrected chi connectivity index (χ3v) is 5.26. The smallest absolute Gasteiger partial charge is 0.244 e. The minimum absolute atomic E-state index is 0.115. The van der Waals surface area contributed by atoms with Crippen LogP contribution in [0.2, 0.25) is 0 Å². The van der Waals surface area contributed by atoms with Crippen molar-refractivity contribution in [2.75, 3.05) is 26.8 Å². The number of likely N-dealkylation sites (N-methyl/N-ethyl adjacent to an activating group) is 1. The minimum atomic E-state index is -3.57. The van der Waals surface area contributed by atoms with Crippen LogP contribution in [0.1, 0.15) is 12.0 Å². The third-order valence-electron chi connectivity index (χ3n) is 3.29. The van der Waals surface area contributed by atoms with Gasteiger partial charge in [0.25, 0.3) is 0 Å². The summed E-state index contributed by atoms with van der Waals surface area (Å²) in [7, 11) is -1.99. The Morgan fingerprint density at radius 2 is 2.20 bits per heavy atom. The Hall–Kier alpha value is -1.39. The molecule has 0 aliphatic carbocycles. The average Bonchev–Trinajstić information content (AvgIpc) is 2.98. The molecule has 2 rings (SSSR count). The molecule has 1 saturated heterocycles. The number of hydrogen-bond donors (Lipinski definition) is 1. The normalized spacial score (nSPS) is 18.9. The van der Waals surface area contributed by atoms with Gasteiger partial charge in [0, 0.05) is 19.2 Å². The van der Waals surface area contributed by atoms with Crippen molar-refractivity contribution in [3.8, 4) is 11.8 Å². The van der Waals surface area contributed by atoms with Crippen molar-refractivity contribution >= 4 is 10.0 Å². The van der Waals surface area contributed by atoms with Crippen LogP contribution in [0, 0.1) is 11.8 Å². The molecule has 20 heavy (non-hydrogen) atoms. The van der Waals surface area contributed by atoms with E-state index < -0.39 is 10.0 Å². The lowest BCUT2D eigenvalue weighted by Gasteiger charge is -2.23. The van der Waals surface area contributed by atoms with E-state index in [0.29, 0.717) is 25.2 Å². The fourth-order valence-electron chi connectivity index (χ4n) is 2.10. The lowest BCUT2D eigenvalue weighted by atomic mass is 10.2. The zero-order valence-electron chi connectivity index (χ0n) is 11.4. The monoisotopic (exact) mass is 294 g/mol. The Labute approximate surface area is 119 Å². The molecule has 5 nitrogen and oxygen atoms in total. The summed E-state index contributed by atoms with van der Waals surface area (Å²) in [5, 5.41) is 0. The highest BCUT2D eigenvalue weighted by molar-refractivity contribution is 7.89. The summed E-state index contributed by atoms with van der Waals surface area (Å²) in [5.41, 5.74) is 5.82. The van der Waals surface area contributed by atoms with Gasteiger partial charge in [-0.1, -0.05) is 24.0 Å². The summed E-state index contributed by atoms with van der Waals surface area (Å²) < 4.78 is 32.0. The highest BCUT2D eigenvalue weighted by Crippen LogP contribution is 2.23. The Balaban J connectivity index is 2.38. The number of rotatable bonds is 3. The van der Waals surface area contributed by atoms with Crippen molar-refractivity contribution in [1.29, 1.82) is 0 Å². The quantitative estimate of drug-likeness (QED) is 0.819. The van der Waals surface area contributed by atoms with Gasteiger partial charge in [-0.25, -0.2) is 8.42 Å². The van der Waals surface area contributed by atoms with Gasteiger partial charge in [0.05, 0.1) is 24.1 Å². The van der Waals surface area contributed by atoms with E-state index in [-0.39, 0.29) is 17.5 Å². The number of nitrogens with two attached hydrogens (primary N) is 1. The maximum atomic E-state index is 12.7. The largest absolute Gasteiger partial charge is 0.380 e. The summed E-state index contributed by atoms with van der Waals surface area (Å²) in [6.45, 7) is 1.23. The van der Waals surface area contributed by atoms with Crippen LogP contribution in [0.15, 0.2) is 29.2 Å². The molecule has 0 radical (unpaired) electrons. The SMILES string of the molecule is CN(C1CCOC1)S(=O)(=O)c1ccccc1C#CCN. The summed E-state index contributed by atoms with van der Waals surface area (Å²) >= 11 is 0. The molecule has 0 bridgehead atoms. The second-order valence-corrected chi connectivity index (χ2v) is 6.51. The van der Waals surface area contributed by atoms with E-state index in [0.717, 1.165) is 0 Å². The predicted molar refractivity (Wildman–Crippen MR) is 76.5 cm³/mol. The molecule has 1 aromatic rings. The van der Waals surface area contributed by atoms with Gasteiger partial charge in [-0.3, -0.25) is 0 Å². The number of nitrogens with zero attached hydrogens (tertiary/aromatic N) is 1. The lowest BCUT2D eigenvalue weighted by molar-refractivity contribution is 0.181. The van der Waals surface area contributed by atoms with E-state index in [1.54, 1.807) is 31.3 Å². The van der Waals surface area contributed by atoms with Gasteiger partial charge in [-0.15, -0.1) is 0 Å². The number of sulfonamides is 1. The van der Waals surface area contributed by atoms with Gasteiger partial charge < -0.3 is 10.5 Å². The first-order valence-corrected chi connectivity index (χ1v) is 7.85.